The van der Waals surface area contributed by atoms with Crippen LogP contribution in [-0.2, 0) is 4.74 Å². The Balaban J connectivity index is 1.81. The van der Waals surface area contributed by atoms with Gasteiger partial charge in [0.05, 0.1) is 12.3 Å². The first kappa shape index (κ1) is 11.3. The molecule has 5 heteroatoms. The van der Waals surface area contributed by atoms with Gasteiger partial charge in [0.2, 0.25) is 0 Å². The summed E-state index contributed by atoms with van der Waals surface area (Å²) in [7, 11) is 0. The number of nitrogens with zero attached hydrogens (tertiary/aromatic N) is 1. The van der Waals surface area contributed by atoms with Gasteiger partial charge in [-0.2, -0.15) is 0 Å². The molecule has 0 bridgehead atoms. The summed E-state index contributed by atoms with van der Waals surface area (Å²) in [6.07, 6.45) is 0.183. The normalized spacial score (nSPS) is 31.9. The molecule has 0 aliphatic carbocycles. The van der Waals surface area contributed by atoms with Crippen LogP contribution in [0.25, 0.3) is 0 Å². The molecule has 2 saturated heterocycles. The summed E-state index contributed by atoms with van der Waals surface area (Å²) in [6, 6.07) is 4.60. The SMILES string of the molecule is O[C@@H]1CN(c2ccc(Cl)cc2F)CC[C@@]12CO2. The lowest BCUT2D eigenvalue weighted by Gasteiger charge is -2.36. The molecule has 1 aromatic rings. The van der Waals surface area contributed by atoms with Crippen LogP contribution in [0.1, 0.15) is 6.42 Å². The van der Waals surface area contributed by atoms with E-state index >= 15 is 0 Å². The third-order valence-electron chi connectivity index (χ3n) is 3.57. The largest absolute Gasteiger partial charge is 0.388 e. The topological polar surface area (TPSA) is 36.0 Å². The fourth-order valence-electron chi connectivity index (χ4n) is 2.34. The predicted octanol–water partition coefficient (Wildman–Crippen LogP) is 1.82. The molecule has 2 aliphatic rings. The van der Waals surface area contributed by atoms with Crippen molar-refractivity contribution in [2.45, 2.75) is 18.1 Å². The average Bonchev–Trinajstić information content (AvgIpc) is 3.04. The number of hydrogen-bond acceptors (Lipinski definition) is 3. The summed E-state index contributed by atoms with van der Waals surface area (Å²) < 4.78 is 19.0. The maximum atomic E-state index is 13.7. The van der Waals surface area contributed by atoms with Crippen LogP contribution in [0.15, 0.2) is 18.2 Å². The van der Waals surface area contributed by atoms with Gasteiger partial charge < -0.3 is 14.7 Å². The lowest BCUT2D eigenvalue weighted by Crippen LogP contribution is -2.49. The molecule has 0 aromatic heterocycles. The molecular formula is C12H13ClFNO2. The predicted molar refractivity (Wildman–Crippen MR) is 62.9 cm³/mol. The zero-order chi connectivity index (χ0) is 12.0. The van der Waals surface area contributed by atoms with Crippen molar-refractivity contribution >= 4 is 17.3 Å². The van der Waals surface area contributed by atoms with E-state index in [1.165, 1.54) is 6.07 Å². The minimum absolute atomic E-state index is 0.348. The molecule has 3 nitrogen and oxygen atoms in total. The number of piperidine rings is 1. The molecule has 3 rings (SSSR count). The maximum Gasteiger partial charge on any atom is 0.147 e. The van der Waals surface area contributed by atoms with E-state index in [0.29, 0.717) is 30.4 Å². The number of epoxide rings is 1. The Labute approximate surface area is 104 Å². The van der Waals surface area contributed by atoms with Gasteiger partial charge in [-0.3, -0.25) is 0 Å². The Morgan fingerprint density at radius 1 is 1.53 bits per heavy atom. The second-order valence-corrected chi connectivity index (χ2v) is 5.10. The highest BCUT2D eigenvalue weighted by Gasteiger charge is 2.53. The van der Waals surface area contributed by atoms with Crippen LogP contribution >= 0.6 is 11.6 Å². The van der Waals surface area contributed by atoms with E-state index in [2.05, 4.69) is 0 Å². The summed E-state index contributed by atoms with van der Waals surface area (Å²) in [5.74, 6) is -0.350. The minimum atomic E-state index is -0.550. The van der Waals surface area contributed by atoms with E-state index in [4.69, 9.17) is 16.3 Å². The van der Waals surface area contributed by atoms with E-state index in [1.54, 1.807) is 12.1 Å². The zero-order valence-corrected chi connectivity index (χ0v) is 9.95. The standard InChI is InChI=1S/C12H13ClFNO2/c13-8-1-2-10(9(14)5-8)15-4-3-12(7-17-12)11(16)6-15/h1-2,5,11,16H,3-4,6-7H2/t11-,12-/m1/s1. The van der Waals surface area contributed by atoms with E-state index < -0.39 is 6.10 Å². The van der Waals surface area contributed by atoms with E-state index in [0.717, 1.165) is 6.42 Å². The molecule has 2 atom stereocenters. The lowest BCUT2D eigenvalue weighted by atomic mass is 9.94. The van der Waals surface area contributed by atoms with Crippen LogP contribution < -0.4 is 4.90 Å². The fourth-order valence-corrected chi connectivity index (χ4v) is 2.50. The lowest BCUT2D eigenvalue weighted by molar-refractivity contribution is 0.0609. The first-order valence-corrected chi connectivity index (χ1v) is 6.01. The number of anilines is 1. The molecular weight excluding hydrogens is 245 g/mol. The second-order valence-electron chi connectivity index (χ2n) is 4.66. The summed E-state index contributed by atoms with van der Waals surface area (Å²) in [4.78, 5) is 1.84. The molecule has 2 heterocycles. The molecule has 2 aliphatic heterocycles. The molecule has 2 fully saturated rings. The highest BCUT2D eigenvalue weighted by Crippen LogP contribution is 2.39. The van der Waals surface area contributed by atoms with Gasteiger partial charge >= 0.3 is 0 Å². The van der Waals surface area contributed by atoms with E-state index in [-0.39, 0.29) is 11.4 Å². The highest BCUT2D eigenvalue weighted by molar-refractivity contribution is 6.30. The van der Waals surface area contributed by atoms with E-state index in [1.807, 2.05) is 4.90 Å². The van der Waals surface area contributed by atoms with Crippen molar-refractivity contribution in [3.05, 3.63) is 29.0 Å². The first-order valence-electron chi connectivity index (χ1n) is 5.63. The van der Waals surface area contributed by atoms with Crippen molar-refractivity contribution in [1.82, 2.24) is 0 Å². The van der Waals surface area contributed by atoms with Crippen LogP contribution in [0.2, 0.25) is 5.02 Å². The Bertz CT molecular complexity index is 450. The fraction of sp³-hybridized carbons (Fsp3) is 0.500. The van der Waals surface area contributed by atoms with Gasteiger partial charge in [-0.05, 0) is 24.6 Å². The molecule has 17 heavy (non-hydrogen) atoms. The molecule has 1 N–H and O–H groups in total. The molecule has 0 radical (unpaired) electrons. The Hall–Kier alpha value is -0.840. The molecule has 0 saturated carbocycles. The van der Waals surface area contributed by atoms with Gasteiger partial charge in [-0.15, -0.1) is 0 Å². The van der Waals surface area contributed by atoms with Crippen molar-refractivity contribution in [3.63, 3.8) is 0 Å². The van der Waals surface area contributed by atoms with Gasteiger partial charge in [-0.25, -0.2) is 4.39 Å². The number of aliphatic hydroxyl groups is 1. The molecule has 1 spiro atoms. The van der Waals surface area contributed by atoms with Crippen LogP contribution in [0.3, 0.4) is 0 Å². The number of ether oxygens (including phenoxy) is 1. The monoisotopic (exact) mass is 257 g/mol. The van der Waals surface area contributed by atoms with Crippen molar-refractivity contribution < 1.29 is 14.2 Å². The molecule has 0 unspecified atom stereocenters. The van der Waals surface area contributed by atoms with Crippen molar-refractivity contribution in [1.29, 1.82) is 0 Å². The Kier molecular flexibility index (Phi) is 2.54. The maximum absolute atomic E-state index is 13.7. The third-order valence-corrected chi connectivity index (χ3v) is 3.81. The third kappa shape index (κ3) is 1.90. The van der Waals surface area contributed by atoms with Gasteiger partial charge in [0.1, 0.15) is 17.5 Å². The minimum Gasteiger partial charge on any atom is -0.388 e. The number of β-amino-alcohol motifs (C(OH)–C–C–N with tert-alkyl or cyclic N) is 1. The van der Waals surface area contributed by atoms with E-state index in [9.17, 15) is 9.50 Å². The van der Waals surface area contributed by atoms with Crippen LogP contribution in [0.5, 0.6) is 0 Å². The van der Waals surface area contributed by atoms with Crippen molar-refractivity contribution in [2.24, 2.45) is 0 Å². The van der Waals surface area contributed by atoms with Crippen LogP contribution in [0.4, 0.5) is 10.1 Å². The van der Waals surface area contributed by atoms with Gasteiger partial charge in [0, 0.05) is 18.1 Å². The van der Waals surface area contributed by atoms with Crippen LogP contribution in [-0.4, -0.2) is 36.5 Å². The molecule has 92 valence electrons. The number of halogens is 2. The Morgan fingerprint density at radius 2 is 2.29 bits per heavy atom. The number of hydrogen-bond donors (Lipinski definition) is 1. The van der Waals surface area contributed by atoms with Crippen LogP contribution in [0, 0.1) is 5.82 Å². The molecule has 0 amide bonds. The number of benzene rings is 1. The summed E-state index contributed by atoms with van der Waals surface area (Å²) in [6.45, 7) is 1.71. The average molecular weight is 258 g/mol. The second kappa shape index (κ2) is 3.83. The number of aliphatic hydroxyl groups excluding tert-OH is 1. The smallest absolute Gasteiger partial charge is 0.147 e. The number of rotatable bonds is 1. The summed E-state index contributed by atoms with van der Waals surface area (Å²) in [5.41, 5.74) is 0.142. The van der Waals surface area contributed by atoms with Gasteiger partial charge in [0.15, 0.2) is 0 Å². The summed E-state index contributed by atoms with van der Waals surface area (Å²) >= 11 is 5.71. The highest BCUT2D eigenvalue weighted by atomic mass is 35.5. The quantitative estimate of drug-likeness (QED) is 0.780. The van der Waals surface area contributed by atoms with Gasteiger partial charge in [0.25, 0.3) is 0 Å². The molecule has 1 aromatic carbocycles. The Morgan fingerprint density at radius 3 is 2.88 bits per heavy atom. The summed E-state index contributed by atoms with van der Waals surface area (Å²) in [5, 5.41) is 10.3. The van der Waals surface area contributed by atoms with Crippen molar-refractivity contribution in [2.75, 3.05) is 24.6 Å². The zero-order valence-electron chi connectivity index (χ0n) is 9.20. The van der Waals surface area contributed by atoms with Gasteiger partial charge in [-0.1, -0.05) is 11.6 Å². The van der Waals surface area contributed by atoms with Crippen molar-refractivity contribution in [3.8, 4) is 0 Å². The first-order chi connectivity index (χ1) is 8.11.